The lowest BCUT2D eigenvalue weighted by molar-refractivity contribution is -0.141. The fraction of sp³-hybridized carbons (Fsp3) is 0.562. The fourth-order valence-corrected chi connectivity index (χ4v) is 2.54. The zero-order valence-corrected chi connectivity index (χ0v) is 13.7. The number of halogens is 1. The van der Waals surface area contributed by atoms with Crippen molar-refractivity contribution in [1.29, 1.82) is 0 Å². The molecule has 1 aromatic rings. The van der Waals surface area contributed by atoms with Gasteiger partial charge in [0.2, 0.25) is 0 Å². The van der Waals surface area contributed by atoms with Crippen LogP contribution in [0.5, 0.6) is 5.75 Å². The maximum atomic E-state index is 11.1. The third-order valence-electron chi connectivity index (χ3n) is 3.81. The molecule has 0 N–H and O–H groups in total. The maximum absolute atomic E-state index is 11.1. The summed E-state index contributed by atoms with van der Waals surface area (Å²) >= 11 is 5.84. The third kappa shape index (κ3) is 5.83. The second-order valence-corrected chi connectivity index (χ2v) is 5.75. The molecule has 1 aromatic carbocycles. The molecule has 22 heavy (non-hydrogen) atoms. The monoisotopic (exact) mass is 326 g/mol. The lowest BCUT2D eigenvalue weighted by atomic mass is 10.3. The molecule has 1 fully saturated rings. The summed E-state index contributed by atoms with van der Waals surface area (Å²) in [5.74, 6) is 0.708. The van der Waals surface area contributed by atoms with Gasteiger partial charge in [-0.15, -0.1) is 0 Å². The number of rotatable bonds is 7. The van der Waals surface area contributed by atoms with Crippen LogP contribution >= 0.6 is 11.6 Å². The second kappa shape index (κ2) is 8.98. The summed E-state index contributed by atoms with van der Waals surface area (Å²) in [6, 6.07) is 7.42. The van der Waals surface area contributed by atoms with Gasteiger partial charge in [0.25, 0.3) is 0 Å². The Kier molecular flexibility index (Phi) is 6.96. The van der Waals surface area contributed by atoms with Gasteiger partial charge < -0.3 is 14.4 Å². The van der Waals surface area contributed by atoms with Crippen LogP contribution in [0.1, 0.15) is 6.42 Å². The molecular formula is C16H23ClN2O3. The van der Waals surface area contributed by atoms with Crippen molar-refractivity contribution in [3.8, 4) is 5.75 Å². The Morgan fingerprint density at radius 2 is 1.68 bits per heavy atom. The van der Waals surface area contributed by atoms with Crippen LogP contribution < -0.4 is 4.74 Å². The van der Waals surface area contributed by atoms with Crippen LogP contribution in [0.15, 0.2) is 24.3 Å². The van der Waals surface area contributed by atoms with Crippen LogP contribution in [-0.4, -0.2) is 68.8 Å². The van der Waals surface area contributed by atoms with Crippen molar-refractivity contribution >= 4 is 17.6 Å². The number of carbonyl (C=O) groups is 1. The normalized spacial score (nSPS) is 16.5. The summed E-state index contributed by atoms with van der Waals surface area (Å²) in [6.45, 7) is 6.34. The molecule has 0 aromatic heterocycles. The number of ether oxygens (including phenoxy) is 2. The van der Waals surface area contributed by atoms with Crippen LogP contribution in [-0.2, 0) is 9.53 Å². The summed E-state index contributed by atoms with van der Waals surface area (Å²) in [7, 11) is 1.43. The molecule has 6 heteroatoms. The van der Waals surface area contributed by atoms with Gasteiger partial charge in [-0.2, -0.15) is 0 Å². The molecule has 0 bridgehead atoms. The third-order valence-corrected chi connectivity index (χ3v) is 4.07. The Hall–Kier alpha value is -1.30. The van der Waals surface area contributed by atoms with Crippen LogP contribution in [0, 0.1) is 0 Å². The van der Waals surface area contributed by atoms with Crippen molar-refractivity contribution in [3.63, 3.8) is 0 Å². The zero-order valence-electron chi connectivity index (χ0n) is 13.0. The second-order valence-electron chi connectivity index (χ2n) is 5.31. The number of piperazine rings is 1. The summed E-state index contributed by atoms with van der Waals surface area (Å²) in [5.41, 5.74) is 0. The molecule has 1 aliphatic rings. The predicted octanol–water partition coefficient (Wildman–Crippen LogP) is 1.90. The Labute approximate surface area is 136 Å². The van der Waals surface area contributed by atoms with Crippen molar-refractivity contribution in [2.45, 2.75) is 6.42 Å². The van der Waals surface area contributed by atoms with Crippen molar-refractivity contribution < 1.29 is 14.3 Å². The van der Waals surface area contributed by atoms with E-state index in [1.54, 1.807) is 0 Å². The molecule has 0 saturated carbocycles. The minimum absolute atomic E-state index is 0.140. The van der Waals surface area contributed by atoms with E-state index in [9.17, 15) is 4.79 Å². The van der Waals surface area contributed by atoms with E-state index in [4.69, 9.17) is 16.3 Å². The minimum Gasteiger partial charge on any atom is -0.492 e. The number of benzene rings is 1. The van der Waals surface area contributed by atoms with Gasteiger partial charge in [-0.25, -0.2) is 0 Å². The number of hydrogen-bond acceptors (Lipinski definition) is 5. The summed E-state index contributed by atoms with van der Waals surface area (Å²) in [6.07, 6.45) is 0.468. The fourth-order valence-electron chi connectivity index (χ4n) is 2.41. The van der Waals surface area contributed by atoms with Gasteiger partial charge in [0.15, 0.2) is 0 Å². The first-order valence-electron chi connectivity index (χ1n) is 7.57. The topological polar surface area (TPSA) is 42.0 Å². The van der Waals surface area contributed by atoms with Crippen molar-refractivity contribution in [1.82, 2.24) is 9.80 Å². The molecule has 0 spiro atoms. The minimum atomic E-state index is -0.140. The first-order valence-corrected chi connectivity index (χ1v) is 7.95. The highest BCUT2D eigenvalue weighted by molar-refractivity contribution is 6.30. The molecule has 0 atom stereocenters. The smallest absolute Gasteiger partial charge is 0.306 e. The van der Waals surface area contributed by atoms with Crippen molar-refractivity contribution in [3.05, 3.63) is 29.3 Å². The van der Waals surface area contributed by atoms with Crippen LogP contribution in [0.3, 0.4) is 0 Å². The average Bonchev–Trinajstić information content (AvgIpc) is 2.55. The van der Waals surface area contributed by atoms with Crippen molar-refractivity contribution in [2.75, 3.05) is 53.0 Å². The molecule has 1 aliphatic heterocycles. The first kappa shape index (κ1) is 17.1. The maximum Gasteiger partial charge on any atom is 0.306 e. The molecule has 0 radical (unpaired) electrons. The largest absolute Gasteiger partial charge is 0.492 e. The number of nitrogens with zero attached hydrogens (tertiary/aromatic N) is 2. The first-order chi connectivity index (χ1) is 10.7. The van der Waals surface area contributed by atoms with Gasteiger partial charge in [-0.05, 0) is 24.3 Å². The summed E-state index contributed by atoms with van der Waals surface area (Å²) in [4.78, 5) is 15.8. The van der Waals surface area contributed by atoms with Crippen LogP contribution in [0.2, 0.25) is 5.02 Å². The van der Waals surface area contributed by atoms with Gasteiger partial charge in [-0.3, -0.25) is 9.69 Å². The molecule has 0 aliphatic carbocycles. The summed E-state index contributed by atoms with van der Waals surface area (Å²) < 4.78 is 10.4. The quantitative estimate of drug-likeness (QED) is 0.716. The predicted molar refractivity (Wildman–Crippen MR) is 86.5 cm³/mol. The molecule has 5 nitrogen and oxygen atoms in total. The Morgan fingerprint density at radius 1 is 1.09 bits per heavy atom. The van der Waals surface area contributed by atoms with E-state index in [1.807, 2.05) is 24.3 Å². The van der Waals surface area contributed by atoms with E-state index in [0.29, 0.717) is 13.0 Å². The van der Waals surface area contributed by atoms with E-state index in [-0.39, 0.29) is 5.97 Å². The van der Waals surface area contributed by atoms with E-state index >= 15 is 0 Å². The lowest BCUT2D eigenvalue weighted by Gasteiger charge is -2.34. The lowest BCUT2D eigenvalue weighted by Crippen LogP contribution is -2.47. The zero-order chi connectivity index (χ0) is 15.8. The van der Waals surface area contributed by atoms with Gasteiger partial charge in [0.05, 0.1) is 13.5 Å². The Morgan fingerprint density at radius 3 is 2.27 bits per heavy atom. The highest BCUT2D eigenvalue weighted by Gasteiger charge is 2.17. The molecule has 122 valence electrons. The Balaban J connectivity index is 1.59. The summed E-state index contributed by atoms with van der Waals surface area (Å²) in [5, 5.41) is 0.718. The van der Waals surface area contributed by atoms with Crippen molar-refractivity contribution in [2.24, 2.45) is 0 Å². The molecule has 1 heterocycles. The van der Waals surface area contributed by atoms with E-state index in [2.05, 4.69) is 14.5 Å². The number of esters is 1. The SMILES string of the molecule is COC(=O)CCN1CCN(CCOc2ccc(Cl)cc2)CC1. The van der Waals surface area contributed by atoms with Gasteiger partial charge in [0.1, 0.15) is 12.4 Å². The molecule has 1 saturated heterocycles. The molecule has 2 rings (SSSR count). The van der Waals surface area contributed by atoms with Crippen LogP contribution in [0.4, 0.5) is 0 Å². The van der Waals surface area contributed by atoms with Gasteiger partial charge in [0, 0.05) is 44.3 Å². The van der Waals surface area contributed by atoms with Crippen LogP contribution in [0.25, 0.3) is 0 Å². The number of hydrogen-bond donors (Lipinski definition) is 0. The highest BCUT2D eigenvalue weighted by Crippen LogP contribution is 2.15. The standard InChI is InChI=1S/C16H23ClN2O3/c1-21-16(20)6-7-18-8-10-19(11-9-18)12-13-22-15-4-2-14(17)3-5-15/h2-5H,6-13H2,1H3. The average molecular weight is 327 g/mol. The van der Waals surface area contributed by atoms with E-state index in [0.717, 1.165) is 50.0 Å². The highest BCUT2D eigenvalue weighted by atomic mass is 35.5. The number of carbonyl (C=O) groups excluding carboxylic acids is 1. The number of methoxy groups -OCH3 is 1. The van der Waals surface area contributed by atoms with E-state index in [1.165, 1.54) is 7.11 Å². The van der Waals surface area contributed by atoms with E-state index < -0.39 is 0 Å². The molecule has 0 amide bonds. The Bertz CT molecular complexity index is 459. The molecular weight excluding hydrogens is 304 g/mol. The van der Waals surface area contributed by atoms with Gasteiger partial charge in [-0.1, -0.05) is 11.6 Å². The van der Waals surface area contributed by atoms with Gasteiger partial charge >= 0.3 is 5.97 Å². The molecule has 0 unspecified atom stereocenters.